The lowest BCUT2D eigenvalue weighted by molar-refractivity contribution is 0.182. The third kappa shape index (κ3) is 2.95. The average Bonchev–Trinajstić information content (AvgIpc) is 3.01. The van der Waals surface area contributed by atoms with E-state index in [-0.39, 0.29) is 0 Å². The summed E-state index contributed by atoms with van der Waals surface area (Å²) in [6.07, 6.45) is 5.71. The summed E-state index contributed by atoms with van der Waals surface area (Å²) in [7, 11) is 0. The van der Waals surface area contributed by atoms with Crippen molar-refractivity contribution in [3.8, 4) is 0 Å². The van der Waals surface area contributed by atoms with Gasteiger partial charge in [0.25, 0.3) is 0 Å². The van der Waals surface area contributed by atoms with Crippen molar-refractivity contribution in [3.63, 3.8) is 0 Å². The fourth-order valence-corrected chi connectivity index (χ4v) is 4.14. The van der Waals surface area contributed by atoms with Gasteiger partial charge in [-0.25, -0.2) is 4.98 Å². The molecule has 2 aromatic heterocycles. The zero-order valence-corrected chi connectivity index (χ0v) is 14.5. The molecule has 0 radical (unpaired) electrons. The number of nitrogens with zero attached hydrogens (tertiary/aromatic N) is 4. The van der Waals surface area contributed by atoms with Crippen LogP contribution in [0.25, 0.3) is 10.8 Å². The molecule has 0 spiro atoms. The summed E-state index contributed by atoms with van der Waals surface area (Å²) >= 11 is 1.59. The minimum atomic E-state index is 0.485. The summed E-state index contributed by atoms with van der Waals surface area (Å²) in [5.41, 5.74) is 7.05. The molecule has 1 unspecified atom stereocenters. The lowest BCUT2D eigenvalue weighted by Gasteiger charge is -2.41. The number of aromatic nitrogens is 2. The van der Waals surface area contributed by atoms with Gasteiger partial charge in [-0.15, -0.1) is 11.3 Å². The van der Waals surface area contributed by atoms with Crippen molar-refractivity contribution in [1.29, 1.82) is 0 Å². The Morgan fingerprint density at radius 2 is 2.17 bits per heavy atom. The number of pyridine rings is 1. The molecule has 0 bridgehead atoms. The summed E-state index contributed by atoms with van der Waals surface area (Å²) in [6.45, 7) is 6.32. The lowest BCUT2D eigenvalue weighted by Crippen LogP contribution is -2.51. The van der Waals surface area contributed by atoms with E-state index in [4.69, 9.17) is 5.73 Å². The Morgan fingerprint density at radius 3 is 2.96 bits per heavy atom. The monoisotopic (exact) mass is 339 g/mol. The van der Waals surface area contributed by atoms with Crippen LogP contribution in [0.5, 0.6) is 0 Å². The zero-order chi connectivity index (χ0) is 16.5. The van der Waals surface area contributed by atoms with Crippen LogP contribution in [0.2, 0.25) is 0 Å². The molecular formula is C18H21N5S. The molecular weight excluding hydrogens is 318 g/mol. The second-order valence-corrected chi connectivity index (χ2v) is 7.45. The van der Waals surface area contributed by atoms with Crippen LogP contribution >= 0.6 is 11.3 Å². The van der Waals surface area contributed by atoms with E-state index in [2.05, 4.69) is 51.0 Å². The highest BCUT2D eigenvalue weighted by Crippen LogP contribution is 2.28. The Kier molecular flexibility index (Phi) is 4.08. The summed E-state index contributed by atoms with van der Waals surface area (Å²) in [6, 6.07) is 9.06. The van der Waals surface area contributed by atoms with Crippen LogP contribution in [0.3, 0.4) is 0 Å². The van der Waals surface area contributed by atoms with E-state index in [0.29, 0.717) is 11.2 Å². The molecule has 6 heteroatoms. The van der Waals surface area contributed by atoms with Crippen LogP contribution in [0.1, 0.15) is 11.8 Å². The number of benzene rings is 1. The first kappa shape index (κ1) is 15.4. The molecule has 0 amide bonds. The highest BCUT2D eigenvalue weighted by Gasteiger charge is 2.25. The third-order valence-corrected chi connectivity index (χ3v) is 5.51. The van der Waals surface area contributed by atoms with Crippen LogP contribution in [0, 0.1) is 0 Å². The van der Waals surface area contributed by atoms with Gasteiger partial charge in [0.05, 0.1) is 0 Å². The summed E-state index contributed by atoms with van der Waals surface area (Å²) in [5.74, 6) is 0. The highest BCUT2D eigenvalue weighted by molar-refractivity contribution is 7.15. The number of thiazole rings is 1. The van der Waals surface area contributed by atoms with Gasteiger partial charge in [0.2, 0.25) is 0 Å². The molecule has 4 rings (SSSR count). The minimum absolute atomic E-state index is 0.485. The van der Waals surface area contributed by atoms with Gasteiger partial charge in [-0.05, 0) is 19.1 Å². The minimum Gasteiger partial charge on any atom is -0.375 e. The summed E-state index contributed by atoms with van der Waals surface area (Å²) in [5, 5.41) is 3.13. The maximum absolute atomic E-state index is 5.74. The third-order valence-electron chi connectivity index (χ3n) is 4.69. The Bertz CT molecular complexity index is 841. The average molecular weight is 339 g/mol. The molecule has 0 aliphatic carbocycles. The van der Waals surface area contributed by atoms with Gasteiger partial charge in [0.15, 0.2) is 5.13 Å². The van der Waals surface area contributed by atoms with E-state index in [0.717, 1.165) is 26.2 Å². The normalized spacial score (nSPS) is 19.0. The van der Waals surface area contributed by atoms with Gasteiger partial charge in [0.1, 0.15) is 0 Å². The summed E-state index contributed by atoms with van der Waals surface area (Å²) in [4.78, 5) is 14.6. The Morgan fingerprint density at radius 1 is 1.25 bits per heavy atom. The quantitative estimate of drug-likeness (QED) is 0.795. The molecule has 1 aliphatic heterocycles. The molecule has 24 heavy (non-hydrogen) atoms. The predicted molar refractivity (Wildman–Crippen MR) is 100 cm³/mol. The first-order valence-electron chi connectivity index (χ1n) is 8.22. The van der Waals surface area contributed by atoms with E-state index >= 15 is 0 Å². The Labute approximate surface area is 145 Å². The maximum Gasteiger partial charge on any atom is 0.180 e. The topological polar surface area (TPSA) is 58.3 Å². The fourth-order valence-electron chi connectivity index (χ4n) is 3.43. The van der Waals surface area contributed by atoms with Crippen molar-refractivity contribution < 1.29 is 0 Å². The van der Waals surface area contributed by atoms with Crippen LogP contribution in [0.15, 0.2) is 42.9 Å². The number of rotatable bonds is 3. The van der Waals surface area contributed by atoms with Crippen LogP contribution in [-0.2, 0) is 6.54 Å². The molecule has 1 aromatic carbocycles. The molecule has 3 aromatic rings. The van der Waals surface area contributed by atoms with Crippen molar-refractivity contribution in [2.75, 3.05) is 30.3 Å². The Balaban J connectivity index is 1.51. The maximum atomic E-state index is 5.74. The molecule has 5 nitrogen and oxygen atoms in total. The first-order chi connectivity index (χ1) is 11.7. The van der Waals surface area contributed by atoms with Crippen LogP contribution in [0.4, 0.5) is 10.8 Å². The van der Waals surface area contributed by atoms with Gasteiger partial charge in [-0.3, -0.25) is 9.88 Å². The standard InChI is InChI=1S/C18H21N5S/c1-13-11-23(8-7-22(13)12-15-10-21-18(19)24-15)17-4-2-3-14-9-20-6-5-16(14)17/h2-6,9-10,13H,7-8,11-12H2,1H3,(H2,19,21). The molecule has 2 N–H and O–H groups in total. The van der Waals surface area contributed by atoms with E-state index < -0.39 is 0 Å². The number of fused-ring (bicyclic) bond motifs is 1. The molecule has 124 valence electrons. The van der Waals surface area contributed by atoms with E-state index in [1.54, 1.807) is 11.3 Å². The van der Waals surface area contributed by atoms with Crippen molar-refractivity contribution in [1.82, 2.24) is 14.9 Å². The molecule has 1 atom stereocenters. The van der Waals surface area contributed by atoms with Crippen molar-refractivity contribution in [2.45, 2.75) is 19.5 Å². The fraction of sp³-hybridized carbons (Fsp3) is 0.333. The number of hydrogen-bond acceptors (Lipinski definition) is 6. The van der Waals surface area contributed by atoms with E-state index in [1.807, 2.05) is 18.6 Å². The van der Waals surface area contributed by atoms with Crippen LogP contribution in [-0.4, -0.2) is 40.5 Å². The number of piperazine rings is 1. The number of nitrogen functional groups attached to an aromatic ring is 1. The first-order valence-corrected chi connectivity index (χ1v) is 9.04. The predicted octanol–water partition coefficient (Wildman–Crippen LogP) is 2.98. The van der Waals surface area contributed by atoms with Crippen LogP contribution < -0.4 is 10.6 Å². The SMILES string of the molecule is CC1CN(c2cccc3cnccc23)CCN1Cc1cnc(N)s1. The van der Waals surface area contributed by atoms with E-state index in [1.165, 1.54) is 21.3 Å². The van der Waals surface area contributed by atoms with Gasteiger partial charge >= 0.3 is 0 Å². The van der Waals surface area contributed by atoms with E-state index in [9.17, 15) is 0 Å². The lowest BCUT2D eigenvalue weighted by atomic mass is 10.1. The second kappa shape index (κ2) is 6.37. The Hall–Kier alpha value is -2.18. The van der Waals surface area contributed by atoms with Gasteiger partial charge in [-0.1, -0.05) is 12.1 Å². The largest absolute Gasteiger partial charge is 0.375 e. The van der Waals surface area contributed by atoms with Crippen molar-refractivity contribution >= 4 is 32.9 Å². The van der Waals surface area contributed by atoms with Gasteiger partial charge in [0, 0.05) is 72.1 Å². The zero-order valence-electron chi connectivity index (χ0n) is 13.7. The number of nitrogens with two attached hydrogens (primary N) is 1. The summed E-state index contributed by atoms with van der Waals surface area (Å²) < 4.78 is 0. The molecule has 1 fully saturated rings. The molecule has 3 heterocycles. The van der Waals surface area contributed by atoms with Crippen molar-refractivity contribution in [3.05, 3.63) is 47.7 Å². The van der Waals surface area contributed by atoms with Crippen molar-refractivity contribution in [2.24, 2.45) is 0 Å². The highest BCUT2D eigenvalue weighted by atomic mass is 32.1. The van der Waals surface area contributed by atoms with Gasteiger partial charge < -0.3 is 10.6 Å². The molecule has 1 aliphatic rings. The second-order valence-electron chi connectivity index (χ2n) is 6.30. The molecule has 1 saturated heterocycles. The smallest absolute Gasteiger partial charge is 0.180 e. The van der Waals surface area contributed by atoms with Gasteiger partial charge in [-0.2, -0.15) is 0 Å². The number of hydrogen-bond donors (Lipinski definition) is 1. The molecule has 0 saturated carbocycles. The number of anilines is 2.